The molecule has 0 amide bonds. The zero-order chi connectivity index (χ0) is 34.1. The van der Waals surface area contributed by atoms with Crippen LogP contribution in [0, 0.1) is 19.3 Å². The summed E-state index contributed by atoms with van der Waals surface area (Å²) in [5.41, 5.74) is 4.84. The van der Waals surface area contributed by atoms with Crippen molar-refractivity contribution in [2.75, 3.05) is 17.9 Å². The first-order chi connectivity index (χ1) is 22.8. The minimum atomic E-state index is -4.12. The van der Waals surface area contributed by atoms with E-state index < -0.39 is 10.0 Å². The number of nitrogens with zero attached hydrogens (tertiary/aromatic N) is 3. The highest BCUT2D eigenvalue weighted by atomic mass is 32.2. The minimum Gasteiger partial charge on any atom is -0.476 e. The Labute approximate surface area is 283 Å². The summed E-state index contributed by atoms with van der Waals surface area (Å²) in [6, 6.07) is 24.0. The zero-order valence-corrected chi connectivity index (χ0v) is 29.1. The van der Waals surface area contributed by atoms with Crippen LogP contribution in [0.4, 0.5) is 5.95 Å². The van der Waals surface area contributed by atoms with Crippen LogP contribution in [-0.4, -0.2) is 60.4 Å². The second-order valence-corrected chi connectivity index (χ2v) is 15.9. The van der Waals surface area contributed by atoms with E-state index in [4.69, 9.17) is 9.47 Å². The van der Waals surface area contributed by atoms with E-state index in [1.807, 2.05) is 50.2 Å². The van der Waals surface area contributed by atoms with Crippen LogP contribution in [0.5, 0.6) is 5.88 Å². The van der Waals surface area contributed by atoms with Gasteiger partial charge in [-0.25, -0.2) is 18.1 Å². The number of aryl methyl sites for hydroxylation is 2. The number of ketones is 1. The van der Waals surface area contributed by atoms with Crippen LogP contribution in [0.2, 0.25) is 0 Å². The van der Waals surface area contributed by atoms with Crippen LogP contribution >= 0.6 is 0 Å². The van der Waals surface area contributed by atoms with Gasteiger partial charge in [-0.1, -0.05) is 81.4 Å². The molecule has 1 aromatic heterocycles. The predicted octanol–water partition coefficient (Wildman–Crippen LogP) is 6.99. The summed E-state index contributed by atoms with van der Waals surface area (Å²) >= 11 is 0. The van der Waals surface area contributed by atoms with Gasteiger partial charge in [-0.3, -0.25) is 9.69 Å². The van der Waals surface area contributed by atoms with Crippen molar-refractivity contribution in [2.45, 2.75) is 83.6 Å². The van der Waals surface area contributed by atoms with Gasteiger partial charge in [0, 0.05) is 29.3 Å². The first-order valence-electron chi connectivity index (χ1n) is 16.5. The third kappa shape index (κ3) is 7.94. The van der Waals surface area contributed by atoms with Crippen LogP contribution in [0.3, 0.4) is 0 Å². The number of benzene rings is 3. The monoisotopic (exact) mass is 668 g/mol. The van der Waals surface area contributed by atoms with Crippen molar-refractivity contribution in [3.63, 3.8) is 0 Å². The third-order valence-corrected chi connectivity index (χ3v) is 10.4. The molecular formula is C38H44N4O5S. The molecule has 1 aliphatic heterocycles. The molecule has 0 unspecified atom stereocenters. The van der Waals surface area contributed by atoms with E-state index in [0.717, 1.165) is 41.5 Å². The number of anilines is 1. The van der Waals surface area contributed by atoms with E-state index in [9.17, 15) is 13.2 Å². The first kappa shape index (κ1) is 33.8. The number of rotatable bonds is 6. The van der Waals surface area contributed by atoms with Gasteiger partial charge >= 0.3 is 0 Å². The average Bonchev–Trinajstić information content (AvgIpc) is 3.01. The fraction of sp³-hybridized carbons (Fsp3) is 0.395. The molecule has 1 saturated carbocycles. The van der Waals surface area contributed by atoms with E-state index in [1.54, 1.807) is 18.2 Å². The van der Waals surface area contributed by atoms with E-state index in [1.165, 1.54) is 12.1 Å². The molecule has 1 atom stereocenters. The summed E-state index contributed by atoms with van der Waals surface area (Å²) in [6.45, 7) is 11.5. The first-order valence-corrected chi connectivity index (χ1v) is 18.0. The molecule has 3 aromatic carbocycles. The fourth-order valence-electron chi connectivity index (χ4n) is 6.61. The predicted molar refractivity (Wildman–Crippen MR) is 187 cm³/mol. The van der Waals surface area contributed by atoms with Gasteiger partial charge in [-0.15, -0.1) is 0 Å². The van der Waals surface area contributed by atoms with Crippen molar-refractivity contribution >= 4 is 21.8 Å². The number of hydrogen-bond acceptors (Lipinski definition) is 8. The average molecular weight is 669 g/mol. The Bertz CT molecular complexity index is 1860. The SMILES string of the molecule is Cc1cccc(C)c1-c1cc2nc(n1)NS(=O)(=O)c1cccc(c1)C(=O)CN(C1CC(OCc3ccccc3)C1)[C@H](CC(C)(C)C)CO2. The topological polar surface area (TPSA) is 111 Å². The second-order valence-electron chi connectivity index (χ2n) is 14.2. The van der Waals surface area contributed by atoms with Gasteiger partial charge in [0.05, 0.1) is 29.8 Å². The van der Waals surface area contributed by atoms with Crippen LogP contribution in [0.15, 0.2) is 83.8 Å². The highest BCUT2D eigenvalue weighted by Crippen LogP contribution is 2.35. The van der Waals surface area contributed by atoms with Crippen molar-refractivity contribution in [1.29, 1.82) is 0 Å². The Morgan fingerprint density at radius 2 is 1.65 bits per heavy atom. The number of carbonyl (C=O) groups excluding carboxylic acids is 1. The van der Waals surface area contributed by atoms with E-state index in [-0.39, 0.29) is 59.3 Å². The number of Topliss-reactive ketones (excluding diaryl/α,β-unsaturated/α-hetero) is 1. The van der Waals surface area contributed by atoms with Crippen molar-refractivity contribution in [1.82, 2.24) is 14.9 Å². The van der Waals surface area contributed by atoms with Gasteiger partial charge < -0.3 is 9.47 Å². The zero-order valence-electron chi connectivity index (χ0n) is 28.3. The van der Waals surface area contributed by atoms with Gasteiger partial charge in [0.2, 0.25) is 11.8 Å². The van der Waals surface area contributed by atoms with Crippen molar-refractivity contribution in [2.24, 2.45) is 5.41 Å². The fourth-order valence-corrected chi connectivity index (χ4v) is 7.60. The maximum atomic E-state index is 13.9. The summed E-state index contributed by atoms with van der Waals surface area (Å²) in [4.78, 5) is 25.3. The van der Waals surface area contributed by atoms with Gasteiger partial charge in [0.15, 0.2) is 5.78 Å². The number of nitrogens with one attached hydrogen (secondary N) is 1. The lowest BCUT2D eigenvalue weighted by molar-refractivity contribution is -0.0740. The van der Waals surface area contributed by atoms with Gasteiger partial charge in [0.1, 0.15) is 6.61 Å². The molecule has 0 spiro atoms. The summed E-state index contributed by atoms with van der Waals surface area (Å²) < 4.78 is 42.4. The van der Waals surface area contributed by atoms with Crippen LogP contribution < -0.4 is 9.46 Å². The normalized spacial score (nSPS) is 21.4. The molecule has 6 rings (SSSR count). The molecule has 4 aromatic rings. The maximum absolute atomic E-state index is 13.9. The van der Waals surface area contributed by atoms with Crippen molar-refractivity contribution in [3.05, 3.63) is 101 Å². The number of fused-ring (bicyclic) bond motifs is 4. The van der Waals surface area contributed by atoms with Gasteiger partial charge in [0.25, 0.3) is 10.0 Å². The summed E-state index contributed by atoms with van der Waals surface area (Å²) in [5, 5.41) is 0. The number of aromatic nitrogens is 2. The molecule has 10 heteroatoms. The minimum absolute atomic E-state index is 0.0373. The van der Waals surface area contributed by atoms with Gasteiger partial charge in [-0.2, -0.15) is 4.98 Å². The van der Waals surface area contributed by atoms with Gasteiger partial charge in [-0.05, 0) is 67.3 Å². The summed E-state index contributed by atoms with van der Waals surface area (Å²) in [7, 11) is -4.12. The second kappa shape index (κ2) is 13.8. The molecule has 1 N–H and O–H groups in total. The molecule has 48 heavy (non-hydrogen) atoms. The molecule has 9 nitrogen and oxygen atoms in total. The largest absolute Gasteiger partial charge is 0.476 e. The Hall–Kier alpha value is -4.12. The lowest BCUT2D eigenvalue weighted by atomic mass is 9.82. The third-order valence-electron chi connectivity index (χ3n) is 9.07. The van der Waals surface area contributed by atoms with Crippen LogP contribution in [-0.2, 0) is 21.4 Å². The van der Waals surface area contributed by atoms with Crippen molar-refractivity contribution in [3.8, 4) is 17.1 Å². The molecule has 0 radical (unpaired) electrons. The maximum Gasteiger partial charge on any atom is 0.264 e. The summed E-state index contributed by atoms with van der Waals surface area (Å²) in [6.07, 6.45) is 2.42. The van der Waals surface area contributed by atoms with E-state index in [0.29, 0.717) is 17.9 Å². The Morgan fingerprint density at radius 1 is 0.938 bits per heavy atom. The summed E-state index contributed by atoms with van der Waals surface area (Å²) in [5.74, 6) is 0.0124. The Kier molecular flexibility index (Phi) is 9.69. The number of sulfonamides is 1. The molecule has 0 saturated heterocycles. The lowest BCUT2D eigenvalue weighted by Crippen LogP contribution is -2.56. The molecule has 2 heterocycles. The molecule has 1 fully saturated rings. The van der Waals surface area contributed by atoms with Crippen LogP contribution in [0.1, 0.15) is 67.1 Å². The highest BCUT2D eigenvalue weighted by Gasteiger charge is 2.40. The van der Waals surface area contributed by atoms with E-state index >= 15 is 0 Å². The quantitative estimate of drug-likeness (QED) is 0.234. The standard InChI is InChI=1S/C38H44N4O5S/c1-25-11-9-12-26(2)36(25)33-20-35-40-37(39-33)41-48(44,45)32-16-10-15-28(17-32)34(43)22-42(30(24-47-35)21-38(3,4)5)29-18-31(19-29)46-23-27-13-7-6-8-14-27/h6-17,20,29-31H,18-19,21-24H2,1-5H3,(H,39,40,41)/t29?,30-,31?/m1/s1. The van der Waals surface area contributed by atoms with Crippen molar-refractivity contribution < 1.29 is 22.7 Å². The Morgan fingerprint density at radius 3 is 2.35 bits per heavy atom. The lowest BCUT2D eigenvalue weighted by Gasteiger charge is -2.47. The number of hydrogen-bond donors (Lipinski definition) is 1. The smallest absolute Gasteiger partial charge is 0.264 e. The Balaban J connectivity index is 1.37. The molecule has 1 aliphatic carbocycles. The molecule has 2 aliphatic rings. The van der Waals surface area contributed by atoms with Crippen LogP contribution in [0.25, 0.3) is 11.3 Å². The highest BCUT2D eigenvalue weighted by molar-refractivity contribution is 7.92. The number of carbonyl (C=O) groups is 1. The molecule has 4 bridgehead atoms. The number of ether oxygens (including phenoxy) is 2. The molecular weight excluding hydrogens is 625 g/mol. The van der Waals surface area contributed by atoms with E-state index in [2.05, 4.69) is 52.5 Å². The molecule has 252 valence electrons.